The SMILES string of the molecule is CN=C(NCCCc1ccccc1)NCCNC(=O)C1CC1.I. The highest BCUT2D eigenvalue weighted by Crippen LogP contribution is 2.28. The minimum Gasteiger partial charge on any atom is -0.356 e. The van der Waals surface area contributed by atoms with Gasteiger partial charge in [0.25, 0.3) is 0 Å². The van der Waals surface area contributed by atoms with Gasteiger partial charge < -0.3 is 16.0 Å². The van der Waals surface area contributed by atoms with Gasteiger partial charge in [-0.05, 0) is 31.2 Å². The summed E-state index contributed by atoms with van der Waals surface area (Å²) in [5, 5.41) is 9.42. The second-order valence-electron chi connectivity index (χ2n) is 5.58. The molecule has 1 amide bonds. The fraction of sp³-hybridized carbons (Fsp3) is 0.529. The number of rotatable bonds is 8. The van der Waals surface area contributed by atoms with Crippen LogP contribution in [-0.4, -0.2) is 38.5 Å². The van der Waals surface area contributed by atoms with Crippen LogP contribution in [-0.2, 0) is 11.2 Å². The number of nitrogens with one attached hydrogen (secondary N) is 3. The Morgan fingerprint density at radius 1 is 1.09 bits per heavy atom. The number of guanidine groups is 1. The molecule has 1 aliphatic carbocycles. The second-order valence-corrected chi connectivity index (χ2v) is 5.58. The van der Waals surface area contributed by atoms with Gasteiger partial charge in [-0.15, -0.1) is 24.0 Å². The van der Waals surface area contributed by atoms with E-state index < -0.39 is 0 Å². The lowest BCUT2D eigenvalue weighted by molar-refractivity contribution is -0.122. The molecule has 1 fully saturated rings. The van der Waals surface area contributed by atoms with Crippen molar-refractivity contribution in [1.82, 2.24) is 16.0 Å². The van der Waals surface area contributed by atoms with Crippen LogP contribution in [0.25, 0.3) is 0 Å². The van der Waals surface area contributed by atoms with E-state index in [1.807, 2.05) is 6.07 Å². The summed E-state index contributed by atoms with van der Waals surface area (Å²) in [5.74, 6) is 1.25. The minimum absolute atomic E-state index is 0. The average molecular weight is 430 g/mol. The van der Waals surface area contributed by atoms with Crippen molar-refractivity contribution in [3.8, 4) is 0 Å². The van der Waals surface area contributed by atoms with Crippen molar-refractivity contribution in [2.75, 3.05) is 26.7 Å². The van der Waals surface area contributed by atoms with Crippen molar-refractivity contribution < 1.29 is 4.79 Å². The molecule has 0 heterocycles. The lowest BCUT2D eigenvalue weighted by Gasteiger charge is -2.12. The lowest BCUT2D eigenvalue weighted by atomic mass is 10.1. The molecule has 0 aromatic heterocycles. The highest BCUT2D eigenvalue weighted by Gasteiger charge is 2.28. The van der Waals surface area contributed by atoms with Crippen molar-refractivity contribution in [2.24, 2.45) is 10.9 Å². The third-order valence-electron chi connectivity index (χ3n) is 3.67. The van der Waals surface area contributed by atoms with Gasteiger partial charge in [-0.1, -0.05) is 30.3 Å². The number of carbonyl (C=O) groups is 1. The standard InChI is InChI=1S/C17H26N4O.HI/c1-18-17(21-13-12-19-16(22)15-9-10-15)20-11-5-8-14-6-3-2-4-7-14;/h2-4,6-7,15H,5,8-13H2,1H3,(H,19,22)(H2,18,20,21);1H. The lowest BCUT2D eigenvalue weighted by Crippen LogP contribution is -2.42. The van der Waals surface area contributed by atoms with Gasteiger partial charge in [-0.3, -0.25) is 9.79 Å². The monoisotopic (exact) mass is 430 g/mol. The Morgan fingerprint density at radius 2 is 1.74 bits per heavy atom. The summed E-state index contributed by atoms with van der Waals surface area (Å²) in [6.07, 6.45) is 4.21. The smallest absolute Gasteiger partial charge is 0.223 e. The molecule has 2 rings (SSSR count). The van der Waals surface area contributed by atoms with E-state index in [1.165, 1.54) is 5.56 Å². The van der Waals surface area contributed by atoms with Crippen LogP contribution in [0.15, 0.2) is 35.3 Å². The van der Waals surface area contributed by atoms with E-state index in [0.717, 1.165) is 38.2 Å². The molecule has 0 bridgehead atoms. The van der Waals surface area contributed by atoms with E-state index in [1.54, 1.807) is 7.05 Å². The molecule has 0 spiro atoms. The minimum atomic E-state index is 0. The molecule has 0 aliphatic heterocycles. The number of hydrogen-bond acceptors (Lipinski definition) is 2. The fourth-order valence-electron chi connectivity index (χ4n) is 2.22. The quantitative estimate of drug-likeness (QED) is 0.256. The van der Waals surface area contributed by atoms with E-state index in [0.29, 0.717) is 13.1 Å². The van der Waals surface area contributed by atoms with E-state index >= 15 is 0 Å². The van der Waals surface area contributed by atoms with Crippen molar-refractivity contribution in [3.05, 3.63) is 35.9 Å². The van der Waals surface area contributed by atoms with E-state index in [-0.39, 0.29) is 35.8 Å². The summed E-state index contributed by atoms with van der Waals surface area (Å²) in [4.78, 5) is 15.7. The van der Waals surface area contributed by atoms with Gasteiger partial charge in [0.05, 0.1) is 0 Å². The number of hydrogen-bond donors (Lipinski definition) is 3. The van der Waals surface area contributed by atoms with Gasteiger partial charge in [0, 0.05) is 32.6 Å². The zero-order valence-corrected chi connectivity index (χ0v) is 16.0. The van der Waals surface area contributed by atoms with Gasteiger partial charge in [0.2, 0.25) is 5.91 Å². The first-order valence-corrected chi connectivity index (χ1v) is 8.06. The van der Waals surface area contributed by atoms with Gasteiger partial charge in [-0.2, -0.15) is 0 Å². The molecule has 1 aliphatic rings. The van der Waals surface area contributed by atoms with Crippen LogP contribution < -0.4 is 16.0 Å². The van der Waals surface area contributed by atoms with Gasteiger partial charge in [0.15, 0.2) is 5.96 Å². The van der Waals surface area contributed by atoms with Crippen molar-refractivity contribution in [2.45, 2.75) is 25.7 Å². The summed E-state index contributed by atoms with van der Waals surface area (Å²) in [7, 11) is 1.76. The second kappa shape index (κ2) is 11.3. The average Bonchev–Trinajstić information content (AvgIpc) is 3.39. The molecule has 23 heavy (non-hydrogen) atoms. The van der Waals surface area contributed by atoms with Crippen LogP contribution in [0.5, 0.6) is 0 Å². The third-order valence-corrected chi connectivity index (χ3v) is 3.67. The molecule has 1 aromatic rings. The molecule has 3 N–H and O–H groups in total. The summed E-state index contributed by atoms with van der Waals surface area (Å²) in [6, 6.07) is 10.5. The highest BCUT2D eigenvalue weighted by atomic mass is 127. The van der Waals surface area contributed by atoms with E-state index in [4.69, 9.17) is 0 Å². The molecule has 0 atom stereocenters. The summed E-state index contributed by atoms with van der Waals surface area (Å²) in [6.45, 7) is 2.21. The molecular weight excluding hydrogens is 403 g/mol. The number of nitrogens with zero attached hydrogens (tertiary/aromatic N) is 1. The predicted octanol–water partition coefficient (Wildman–Crippen LogP) is 1.93. The summed E-state index contributed by atoms with van der Waals surface area (Å²) >= 11 is 0. The van der Waals surface area contributed by atoms with Crippen molar-refractivity contribution in [3.63, 3.8) is 0 Å². The predicted molar refractivity (Wildman–Crippen MR) is 105 cm³/mol. The maximum atomic E-state index is 11.5. The third kappa shape index (κ3) is 8.20. The number of carbonyl (C=O) groups excluding carboxylic acids is 1. The number of benzene rings is 1. The summed E-state index contributed by atoms with van der Waals surface area (Å²) in [5.41, 5.74) is 1.36. The Labute approximate surface area is 155 Å². The molecule has 1 saturated carbocycles. The largest absolute Gasteiger partial charge is 0.356 e. The Hall–Kier alpha value is -1.31. The molecule has 6 heteroatoms. The zero-order valence-electron chi connectivity index (χ0n) is 13.7. The van der Waals surface area contributed by atoms with Crippen molar-refractivity contribution >= 4 is 35.8 Å². The Kier molecular flexibility index (Phi) is 9.66. The van der Waals surface area contributed by atoms with Crippen LogP contribution in [0.1, 0.15) is 24.8 Å². The number of aryl methyl sites for hydroxylation is 1. The molecule has 5 nitrogen and oxygen atoms in total. The normalized spacial score (nSPS) is 13.9. The van der Waals surface area contributed by atoms with Crippen LogP contribution in [0.3, 0.4) is 0 Å². The first-order chi connectivity index (χ1) is 10.8. The molecule has 0 radical (unpaired) electrons. The van der Waals surface area contributed by atoms with Gasteiger partial charge in [-0.25, -0.2) is 0 Å². The molecule has 128 valence electrons. The molecular formula is C17H27IN4O. The van der Waals surface area contributed by atoms with Gasteiger partial charge >= 0.3 is 0 Å². The molecule has 0 saturated heterocycles. The van der Waals surface area contributed by atoms with Crippen LogP contribution >= 0.6 is 24.0 Å². The van der Waals surface area contributed by atoms with E-state index in [2.05, 4.69) is 45.2 Å². The Morgan fingerprint density at radius 3 is 2.39 bits per heavy atom. The Balaban J connectivity index is 0.00000264. The van der Waals surface area contributed by atoms with Crippen molar-refractivity contribution in [1.29, 1.82) is 0 Å². The number of aliphatic imine (C=N–C) groups is 1. The highest BCUT2D eigenvalue weighted by molar-refractivity contribution is 14.0. The van der Waals surface area contributed by atoms with Gasteiger partial charge in [0.1, 0.15) is 0 Å². The Bertz CT molecular complexity index is 489. The maximum Gasteiger partial charge on any atom is 0.223 e. The summed E-state index contributed by atoms with van der Waals surface area (Å²) < 4.78 is 0. The van der Waals surface area contributed by atoms with Crippen LogP contribution in [0, 0.1) is 5.92 Å². The molecule has 0 unspecified atom stereocenters. The topological polar surface area (TPSA) is 65.5 Å². The van der Waals surface area contributed by atoms with Crippen LogP contribution in [0.4, 0.5) is 0 Å². The zero-order chi connectivity index (χ0) is 15.6. The first kappa shape index (κ1) is 19.7. The fourth-order valence-corrected chi connectivity index (χ4v) is 2.22. The molecule has 1 aromatic carbocycles. The maximum absolute atomic E-state index is 11.5. The van der Waals surface area contributed by atoms with E-state index in [9.17, 15) is 4.79 Å². The number of halogens is 1. The first-order valence-electron chi connectivity index (χ1n) is 8.06. The van der Waals surface area contributed by atoms with Crippen LogP contribution in [0.2, 0.25) is 0 Å². The number of amides is 1.